The number of rotatable bonds is 5. The fourth-order valence-electron chi connectivity index (χ4n) is 2.26. The molecule has 0 fully saturated rings. The van der Waals surface area contributed by atoms with Crippen LogP contribution in [0.1, 0.15) is 44.1 Å². The number of hydrogen-bond acceptors (Lipinski definition) is 2. The van der Waals surface area contributed by atoms with Gasteiger partial charge in [0.2, 0.25) is 0 Å². The summed E-state index contributed by atoms with van der Waals surface area (Å²) in [5.41, 5.74) is 4.25. The molecule has 0 saturated heterocycles. The van der Waals surface area contributed by atoms with Gasteiger partial charge in [0.25, 0.3) is 0 Å². The van der Waals surface area contributed by atoms with Gasteiger partial charge in [0.15, 0.2) is 0 Å². The Morgan fingerprint density at radius 1 is 1.11 bits per heavy atom. The van der Waals surface area contributed by atoms with Crippen molar-refractivity contribution in [3.05, 3.63) is 53.9 Å². The van der Waals surface area contributed by atoms with Crippen molar-refractivity contribution < 1.29 is 5.11 Å². The molecule has 19 heavy (non-hydrogen) atoms. The van der Waals surface area contributed by atoms with Crippen LogP contribution < -0.4 is 0 Å². The summed E-state index contributed by atoms with van der Waals surface area (Å²) < 4.78 is 0. The molecule has 0 spiro atoms. The predicted octanol–water partition coefficient (Wildman–Crippen LogP) is 4.14. The number of hydrogen-bond donors (Lipinski definition) is 1. The summed E-state index contributed by atoms with van der Waals surface area (Å²) in [5, 5.41) is 10.1. The Hall–Kier alpha value is -1.67. The normalized spacial score (nSPS) is 12.4. The van der Waals surface area contributed by atoms with E-state index in [-0.39, 0.29) is 0 Å². The number of aromatic nitrogens is 1. The first-order valence-corrected chi connectivity index (χ1v) is 6.98. The summed E-state index contributed by atoms with van der Waals surface area (Å²) >= 11 is 0. The second kappa shape index (κ2) is 6.48. The smallest absolute Gasteiger partial charge is 0.0793 e. The van der Waals surface area contributed by atoms with E-state index in [1.165, 1.54) is 0 Å². The molecule has 1 N–H and O–H groups in total. The van der Waals surface area contributed by atoms with Gasteiger partial charge >= 0.3 is 0 Å². The van der Waals surface area contributed by atoms with E-state index in [1.54, 1.807) is 0 Å². The Bertz CT molecular complexity index is 519. The van der Waals surface area contributed by atoms with Gasteiger partial charge in [-0.25, -0.2) is 0 Å². The van der Waals surface area contributed by atoms with Crippen LogP contribution in [-0.4, -0.2) is 10.1 Å². The van der Waals surface area contributed by atoms with Crippen molar-refractivity contribution in [3.8, 4) is 11.1 Å². The number of pyridine rings is 1. The van der Waals surface area contributed by atoms with Gasteiger partial charge in [-0.05, 0) is 30.0 Å². The lowest BCUT2D eigenvalue weighted by molar-refractivity contribution is 0.174. The second-order valence-electron chi connectivity index (χ2n) is 4.80. The zero-order valence-corrected chi connectivity index (χ0v) is 11.6. The van der Waals surface area contributed by atoms with E-state index in [4.69, 9.17) is 0 Å². The van der Waals surface area contributed by atoms with Crippen LogP contribution in [0.15, 0.2) is 42.6 Å². The van der Waals surface area contributed by atoms with Crippen LogP contribution in [0.3, 0.4) is 0 Å². The van der Waals surface area contributed by atoms with Crippen molar-refractivity contribution in [2.24, 2.45) is 0 Å². The molecule has 2 heteroatoms. The lowest BCUT2D eigenvalue weighted by Crippen LogP contribution is -1.98. The molecule has 0 aliphatic heterocycles. The van der Waals surface area contributed by atoms with Gasteiger partial charge in [-0.1, -0.05) is 50.6 Å². The average molecular weight is 255 g/mol. The largest absolute Gasteiger partial charge is 0.388 e. The highest BCUT2D eigenvalue weighted by molar-refractivity contribution is 5.67. The molecule has 2 aromatic rings. The summed E-state index contributed by atoms with van der Waals surface area (Å²) in [6.07, 6.45) is 4.34. The van der Waals surface area contributed by atoms with Gasteiger partial charge in [0, 0.05) is 17.5 Å². The van der Waals surface area contributed by atoms with Crippen LogP contribution in [0, 0.1) is 0 Å². The maximum atomic E-state index is 10.1. The molecule has 2 nitrogen and oxygen atoms in total. The van der Waals surface area contributed by atoms with Crippen LogP contribution in [0.4, 0.5) is 0 Å². The van der Waals surface area contributed by atoms with E-state index in [0.717, 1.165) is 41.6 Å². The predicted molar refractivity (Wildman–Crippen MR) is 78.9 cm³/mol. The zero-order chi connectivity index (χ0) is 13.7. The van der Waals surface area contributed by atoms with E-state index >= 15 is 0 Å². The average Bonchev–Trinajstić information content (AvgIpc) is 2.47. The molecular weight excluding hydrogens is 234 g/mol. The van der Waals surface area contributed by atoms with Crippen molar-refractivity contribution in [2.45, 2.75) is 39.2 Å². The highest BCUT2D eigenvalue weighted by atomic mass is 16.3. The SMILES string of the molecule is CCCc1ccc(-c2ccccc2C(O)CC)cn1. The summed E-state index contributed by atoms with van der Waals surface area (Å²) in [5.74, 6) is 0. The van der Waals surface area contributed by atoms with Crippen LogP contribution in [0.2, 0.25) is 0 Å². The van der Waals surface area contributed by atoms with Gasteiger partial charge in [0.05, 0.1) is 6.10 Å². The summed E-state index contributed by atoms with van der Waals surface area (Å²) in [4.78, 5) is 4.49. The molecule has 0 amide bonds. The van der Waals surface area contributed by atoms with Gasteiger partial charge in [0.1, 0.15) is 0 Å². The molecule has 100 valence electrons. The minimum Gasteiger partial charge on any atom is -0.388 e. The first-order chi connectivity index (χ1) is 9.26. The first-order valence-electron chi connectivity index (χ1n) is 6.98. The van der Waals surface area contributed by atoms with Crippen LogP contribution in [-0.2, 0) is 6.42 Å². The molecule has 1 aromatic carbocycles. The van der Waals surface area contributed by atoms with Crippen LogP contribution in [0.5, 0.6) is 0 Å². The molecular formula is C17H21NO. The minimum atomic E-state index is -0.411. The molecule has 1 unspecified atom stereocenters. The molecule has 0 bridgehead atoms. The van der Waals surface area contributed by atoms with E-state index in [0.29, 0.717) is 0 Å². The van der Waals surface area contributed by atoms with Crippen molar-refractivity contribution in [1.82, 2.24) is 4.98 Å². The molecule has 2 rings (SSSR count). The fraction of sp³-hybridized carbons (Fsp3) is 0.353. The van der Waals surface area contributed by atoms with E-state index in [1.807, 2.05) is 37.4 Å². The third-order valence-corrected chi connectivity index (χ3v) is 3.35. The topological polar surface area (TPSA) is 33.1 Å². The quantitative estimate of drug-likeness (QED) is 0.870. The number of aliphatic hydroxyl groups is 1. The Morgan fingerprint density at radius 3 is 2.53 bits per heavy atom. The van der Waals surface area contributed by atoms with Crippen LogP contribution in [0.25, 0.3) is 11.1 Å². The van der Waals surface area contributed by atoms with Crippen molar-refractivity contribution in [3.63, 3.8) is 0 Å². The first kappa shape index (κ1) is 13.8. The fourth-order valence-corrected chi connectivity index (χ4v) is 2.26. The number of benzene rings is 1. The van der Waals surface area contributed by atoms with Crippen molar-refractivity contribution in [1.29, 1.82) is 0 Å². The molecule has 0 aliphatic rings. The maximum absolute atomic E-state index is 10.1. The van der Waals surface area contributed by atoms with E-state index in [2.05, 4.69) is 24.0 Å². The number of nitrogens with zero attached hydrogens (tertiary/aromatic N) is 1. The number of aryl methyl sites for hydroxylation is 1. The molecule has 1 atom stereocenters. The lowest BCUT2D eigenvalue weighted by Gasteiger charge is -2.14. The maximum Gasteiger partial charge on any atom is 0.0793 e. The minimum absolute atomic E-state index is 0.411. The summed E-state index contributed by atoms with van der Waals surface area (Å²) in [6.45, 7) is 4.15. The highest BCUT2D eigenvalue weighted by Gasteiger charge is 2.11. The van der Waals surface area contributed by atoms with Gasteiger partial charge < -0.3 is 5.11 Å². The molecule has 0 aliphatic carbocycles. The molecule has 1 heterocycles. The summed E-state index contributed by atoms with van der Waals surface area (Å²) in [7, 11) is 0. The Kier molecular flexibility index (Phi) is 4.69. The van der Waals surface area contributed by atoms with Crippen LogP contribution >= 0.6 is 0 Å². The number of aliphatic hydroxyl groups excluding tert-OH is 1. The highest BCUT2D eigenvalue weighted by Crippen LogP contribution is 2.29. The Morgan fingerprint density at radius 2 is 1.89 bits per heavy atom. The van der Waals surface area contributed by atoms with Crippen molar-refractivity contribution >= 4 is 0 Å². The lowest BCUT2D eigenvalue weighted by atomic mass is 9.96. The molecule has 1 aromatic heterocycles. The van der Waals surface area contributed by atoms with Crippen molar-refractivity contribution in [2.75, 3.05) is 0 Å². The molecule has 0 radical (unpaired) electrons. The van der Waals surface area contributed by atoms with E-state index in [9.17, 15) is 5.11 Å². The molecule has 0 saturated carbocycles. The third kappa shape index (κ3) is 3.21. The summed E-state index contributed by atoms with van der Waals surface area (Å²) in [6, 6.07) is 12.2. The van der Waals surface area contributed by atoms with Gasteiger partial charge in [-0.15, -0.1) is 0 Å². The van der Waals surface area contributed by atoms with Gasteiger partial charge in [-0.3, -0.25) is 4.98 Å². The second-order valence-corrected chi connectivity index (χ2v) is 4.80. The third-order valence-electron chi connectivity index (χ3n) is 3.35. The monoisotopic (exact) mass is 255 g/mol. The van der Waals surface area contributed by atoms with Gasteiger partial charge in [-0.2, -0.15) is 0 Å². The zero-order valence-electron chi connectivity index (χ0n) is 11.6. The van der Waals surface area contributed by atoms with E-state index < -0.39 is 6.10 Å². The Labute approximate surface area is 115 Å². The Balaban J connectivity index is 2.35. The standard InChI is InChI=1S/C17H21NO/c1-3-7-14-11-10-13(12-18-14)15-8-5-6-9-16(15)17(19)4-2/h5-6,8-12,17,19H,3-4,7H2,1-2H3.